The molecule has 0 saturated heterocycles. The summed E-state index contributed by atoms with van der Waals surface area (Å²) in [5.74, 6) is -0.0310. The van der Waals surface area contributed by atoms with Gasteiger partial charge >= 0.3 is 0 Å². The lowest BCUT2D eigenvalue weighted by Crippen LogP contribution is -2.36. The van der Waals surface area contributed by atoms with E-state index in [2.05, 4.69) is 0 Å². The van der Waals surface area contributed by atoms with Crippen molar-refractivity contribution in [2.45, 2.75) is 16.8 Å². The summed E-state index contributed by atoms with van der Waals surface area (Å²) in [4.78, 5) is 26.5. The van der Waals surface area contributed by atoms with Crippen molar-refractivity contribution in [1.82, 2.24) is 4.90 Å². The lowest BCUT2D eigenvalue weighted by atomic mass is 10.1. The normalized spacial score (nSPS) is 16.1. The fourth-order valence-electron chi connectivity index (χ4n) is 3.13. The SMILES string of the molecule is O=C1c2ccccc2SC(c2ccc([N+](=O)[O-])cc2)N1Cc1ccccc1. The van der Waals surface area contributed by atoms with Crippen molar-refractivity contribution in [3.8, 4) is 0 Å². The van der Waals surface area contributed by atoms with Gasteiger partial charge in [0.1, 0.15) is 5.37 Å². The molecule has 4 rings (SSSR count). The Bertz CT molecular complexity index is 990. The molecule has 0 N–H and O–H groups in total. The Balaban J connectivity index is 1.74. The van der Waals surface area contributed by atoms with Gasteiger partial charge in [-0.3, -0.25) is 14.9 Å². The second kappa shape index (κ2) is 7.25. The maximum atomic E-state index is 13.2. The van der Waals surface area contributed by atoms with Crippen molar-refractivity contribution < 1.29 is 9.72 Å². The molecule has 1 unspecified atom stereocenters. The molecule has 0 bridgehead atoms. The topological polar surface area (TPSA) is 63.4 Å². The van der Waals surface area contributed by atoms with Crippen LogP contribution in [-0.4, -0.2) is 15.7 Å². The van der Waals surface area contributed by atoms with E-state index in [-0.39, 0.29) is 17.0 Å². The molecule has 27 heavy (non-hydrogen) atoms. The molecule has 0 spiro atoms. The monoisotopic (exact) mass is 376 g/mol. The number of nitro groups is 1. The van der Waals surface area contributed by atoms with E-state index in [0.717, 1.165) is 16.0 Å². The van der Waals surface area contributed by atoms with Crippen LogP contribution in [0.1, 0.15) is 26.9 Å². The van der Waals surface area contributed by atoms with Gasteiger partial charge in [-0.1, -0.05) is 54.2 Å². The zero-order valence-electron chi connectivity index (χ0n) is 14.3. The first-order chi connectivity index (χ1) is 13.1. The van der Waals surface area contributed by atoms with Gasteiger partial charge in [0, 0.05) is 23.6 Å². The minimum Gasteiger partial charge on any atom is -0.318 e. The lowest BCUT2D eigenvalue weighted by Gasteiger charge is -2.36. The first-order valence-corrected chi connectivity index (χ1v) is 9.36. The third-order valence-electron chi connectivity index (χ3n) is 4.48. The van der Waals surface area contributed by atoms with E-state index < -0.39 is 4.92 Å². The number of rotatable bonds is 4. The highest BCUT2D eigenvalue weighted by atomic mass is 32.2. The van der Waals surface area contributed by atoms with Crippen molar-refractivity contribution >= 4 is 23.4 Å². The maximum Gasteiger partial charge on any atom is 0.269 e. The highest BCUT2D eigenvalue weighted by Crippen LogP contribution is 2.45. The van der Waals surface area contributed by atoms with Gasteiger partial charge in [0.2, 0.25) is 0 Å². The Morgan fingerprint density at radius 3 is 2.30 bits per heavy atom. The van der Waals surface area contributed by atoms with Crippen LogP contribution in [0, 0.1) is 10.1 Å². The highest BCUT2D eigenvalue weighted by molar-refractivity contribution is 7.99. The standard InChI is InChI=1S/C21H16N2O3S/c24-20-18-8-4-5-9-19(18)27-21(16-10-12-17(13-11-16)23(25)26)22(20)14-15-6-2-1-3-7-15/h1-13,21H,14H2. The minimum atomic E-state index is -0.417. The minimum absolute atomic E-state index is 0.0310. The van der Waals surface area contributed by atoms with E-state index in [0.29, 0.717) is 12.1 Å². The Morgan fingerprint density at radius 1 is 0.926 bits per heavy atom. The van der Waals surface area contributed by atoms with E-state index in [4.69, 9.17) is 0 Å². The molecule has 0 radical (unpaired) electrons. The van der Waals surface area contributed by atoms with Crippen LogP contribution < -0.4 is 0 Å². The largest absolute Gasteiger partial charge is 0.318 e. The highest BCUT2D eigenvalue weighted by Gasteiger charge is 2.34. The zero-order chi connectivity index (χ0) is 18.8. The van der Waals surface area contributed by atoms with Gasteiger partial charge in [-0.15, -0.1) is 0 Å². The molecular formula is C21H16N2O3S. The Morgan fingerprint density at radius 2 is 1.59 bits per heavy atom. The molecule has 6 heteroatoms. The number of hydrogen-bond acceptors (Lipinski definition) is 4. The summed E-state index contributed by atoms with van der Waals surface area (Å²) in [6.45, 7) is 0.475. The Labute approximate surface area is 160 Å². The van der Waals surface area contributed by atoms with Gasteiger partial charge in [-0.25, -0.2) is 0 Å². The molecular weight excluding hydrogens is 360 g/mol. The predicted octanol–water partition coefficient (Wildman–Crippen LogP) is 5.04. The van der Waals surface area contributed by atoms with Crippen LogP contribution in [0.2, 0.25) is 0 Å². The quantitative estimate of drug-likeness (QED) is 0.473. The van der Waals surface area contributed by atoms with Crippen LogP contribution in [0.4, 0.5) is 5.69 Å². The fourth-order valence-corrected chi connectivity index (χ4v) is 4.41. The van der Waals surface area contributed by atoms with Gasteiger partial charge < -0.3 is 4.90 Å². The van der Waals surface area contributed by atoms with Crippen LogP contribution >= 0.6 is 11.8 Å². The molecule has 5 nitrogen and oxygen atoms in total. The smallest absolute Gasteiger partial charge is 0.269 e. The Kier molecular flexibility index (Phi) is 4.64. The number of nitro benzene ring substituents is 1. The fraction of sp³-hybridized carbons (Fsp3) is 0.0952. The summed E-state index contributed by atoms with van der Waals surface area (Å²) in [7, 11) is 0. The van der Waals surface area contributed by atoms with Gasteiger partial charge in [-0.05, 0) is 35.4 Å². The number of carbonyl (C=O) groups excluding carboxylic acids is 1. The second-order valence-corrected chi connectivity index (χ2v) is 7.36. The number of fused-ring (bicyclic) bond motifs is 1. The van der Waals surface area contributed by atoms with Crippen molar-refractivity contribution in [1.29, 1.82) is 0 Å². The van der Waals surface area contributed by atoms with Crippen LogP contribution in [-0.2, 0) is 6.54 Å². The van der Waals surface area contributed by atoms with E-state index in [9.17, 15) is 14.9 Å². The first kappa shape index (κ1) is 17.3. The van der Waals surface area contributed by atoms with E-state index >= 15 is 0 Å². The van der Waals surface area contributed by atoms with Gasteiger partial charge in [0.25, 0.3) is 11.6 Å². The number of thioether (sulfide) groups is 1. The van der Waals surface area contributed by atoms with Crippen LogP contribution in [0.25, 0.3) is 0 Å². The number of hydrogen-bond donors (Lipinski definition) is 0. The summed E-state index contributed by atoms with van der Waals surface area (Å²) in [5, 5.41) is 10.7. The van der Waals surface area contributed by atoms with E-state index in [1.165, 1.54) is 12.1 Å². The maximum absolute atomic E-state index is 13.2. The van der Waals surface area contributed by atoms with Crippen molar-refractivity contribution in [2.75, 3.05) is 0 Å². The molecule has 134 valence electrons. The van der Waals surface area contributed by atoms with Crippen molar-refractivity contribution in [3.05, 3.63) is 106 Å². The number of amides is 1. The van der Waals surface area contributed by atoms with Gasteiger partial charge in [0.15, 0.2) is 0 Å². The summed E-state index contributed by atoms with van der Waals surface area (Å²) >= 11 is 1.59. The molecule has 3 aromatic rings. The summed E-state index contributed by atoms with van der Waals surface area (Å²) < 4.78 is 0. The predicted molar refractivity (Wildman–Crippen MR) is 104 cm³/mol. The summed E-state index contributed by atoms with van der Waals surface area (Å²) in [5.41, 5.74) is 2.64. The lowest BCUT2D eigenvalue weighted by molar-refractivity contribution is -0.384. The number of non-ortho nitro benzene ring substituents is 1. The zero-order valence-corrected chi connectivity index (χ0v) is 15.1. The molecule has 0 saturated carbocycles. The molecule has 3 aromatic carbocycles. The third kappa shape index (κ3) is 3.44. The van der Waals surface area contributed by atoms with Gasteiger partial charge in [0.05, 0.1) is 10.5 Å². The third-order valence-corrected chi connectivity index (χ3v) is 5.84. The van der Waals surface area contributed by atoms with Gasteiger partial charge in [-0.2, -0.15) is 0 Å². The summed E-state index contributed by atoms with van der Waals surface area (Å²) in [6, 6.07) is 23.8. The molecule has 0 fully saturated rings. The summed E-state index contributed by atoms with van der Waals surface area (Å²) in [6.07, 6.45) is 0. The number of carbonyl (C=O) groups is 1. The molecule has 1 heterocycles. The van der Waals surface area contributed by atoms with Crippen LogP contribution in [0.3, 0.4) is 0 Å². The average Bonchev–Trinajstić information content (AvgIpc) is 2.71. The number of nitrogens with zero attached hydrogens (tertiary/aromatic N) is 2. The second-order valence-electron chi connectivity index (χ2n) is 6.23. The molecule has 0 aromatic heterocycles. The Hall–Kier alpha value is -3.12. The molecule has 1 aliphatic rings. The van der Waals surface area contributed by atoms with Crippen molar-refractivity contribution in [2.24, 2.45) is 0 Å². The first-order valence-electron chi connectivity index (χ1n) is 8.48. The van der Waals surface area contributed by atoms with Crippen molar-refractivity contribution in [3.63, 3.8) is 0 Å². The molecule has 1 amide bonds. The van der Waals surface area contributed by atoms with E-state index in [1.54, 1.807) is 23.9 Å². The van der Waals surface area contributed by atoms with E-state index in [1.807, 2.05) is 59.5 Å². The molecule has 1 atom stereocenters. The molecule has 1 aliphatic heterocycles. The van der Waals surface area contributed by atoms with Crippen LogP contribution in [0.5, 0.6) is 0 Å². The number of benzene rings is 3. The average molecular weight is 376 g/mol. The van der Waals surface area contributed by atoms with Crippen LogP contribution in [0.15, 0.2) is 83.8 Å². The molecule has 0 aliphatic carbocycles.